The molecule has 1 heterocycles. The largest absolute Gasteiger partial charge is 0.507 e. The van der Waals surface area contributed by atoms with E-state index in [0.29, 0.717) is 16.5 Å². The van der Waals surface area contributed by atoms with Crippen LogP contribution in [0.25, 0.3) is 11.0 Å². The van der Waals surface area contributed by atoms with Crippen molar-refractivity contribution in [3.8, 4) is 5.75 Å². The molecule has 15 heavy (non-hydrogen) atoms. The summed E-state index contributed by atoms with van der Waals surface area (Å²) < 4.78 is 5.12. The molecule has 0 aliphatic rings. The third kappa shape index (κ3) is 1.50. The Morgan fingerprint density at radius 2 is 1.93 bits per heavy atom. The molecule has 0 atom stereocenters. The summed E-state index contributed by atoms with van der Waals surface area (Å²) in [5.41, 5.74) is 0.305. The smallest absolute Gasteiger partial charge is 0.343 e. The Morgan fingerprint density at radius 1 is 1.27 bits per heavy atom. The Balaban J connectivity index is 2.90. The van der Waals surface area contributed by atoms with E-state index in [4.69, 9.17) is 4.42 Å². The Kier molecular flexibility index (Phi) is 2.23. The molecule has 1 aromatic heterocycles. The summed E-state index contributed by atoms with van der Waals surface area (Å²) in [5, 5.41) is 10.5. The van der Waals surface area contributed by atoms with Crippen molar-refractivity contribution in [2.45, 2.75) is 19.8 Å². The molecule has 0 amide bonds. The Bertz CT molecular complexity index is 552. The van der Waals surface area contributed by atoms with Crippen LogP contribution in [-0.4, -0.2) is 5.11 Å². The Morgan fingerprint density at radius 3 is 2.60 bits per heavy atom. The average Bonchev–Trinajstić information content (AvgIpc) is 2.17. The first kappa shape index (κ1) is 9.77. The van der Waals surface area contributed by atoms with Gasteiger partial charge in [0.25, 0.3) is 0 Å². The fraction of sp³-hybridized carbons (Fsp3) is 0.250. The maximum atomic E-state index is 11.6. The van der Waals surface area contributed by atoms with Crippen LogP contribution in [0.15, 0.2) is 33.5 Å². The third-order valence-corrected chi connectivity index (χ3v) is 2.40. The van der Waals surface area contributed by atoms with Crippen LogP contribution < -0.4 is 5.63 Å². The van der Waals surface area contributed by atoms with Gasteiger partial charge >= 0.3 is 5.63 Å². The van der Waals surface area contributed by atoms with Crippen LogP contribution in [0.1, 0.15) is 25.3 Å². The van der Waals surface area contributed by atoms with Crippen LogP contribution in [-0.2, 0) is 0 Å². The minimum absolute atomic E-state index is 0.0388. The van der Waals surface area contributed by atoms with Gasteiger partial charge in [-0.1, -0.05) is 26.0 Å². The van der Waals surface area contributed by atoms with Gasteiger partial charge in [-0.15, -0.1) is 0 Å². The molecule has 0 aliphatic heterocycles. The Hall–Kier alpha value is -1.77. The predicted molar refractivity (Wildman–Crippen MR) is 58.2 cm³/mol. The van der Waals surface area contributed by atoms with Crippen LogP contribution in [0.3, 0.4) is 0 Å². The van der Waals surface area contributed by atoms with E-state index in [2.05, 4.69) is 0 Å². The molecule has 0 fully saturated rings. The Labute approximate surface area is 87.0 Å². The normalized spacial score (nSPS) is 11.1. The molecule has 1 aromatic carbocycles. The molecule has 2 rings (SSSR count). The van der Waals surface area contributed by atoms with Gasteiger partial charge in [0, 0.05) is 0 Å². The number of aromatic hydroxyl groups is 1. The zero-order valence-corrected chi connectivity index (χ0v) is 8.65. The van der Waals surface area contributed by atoms with Gasteiger partial charge < -0.3 is 9.52 Å². The van der Waals surface area contributed by atoms with Crippen molar-refractivity contribution < 1.29 is 9.52 Å². The molecule has 0 spiro atoms. The van der Waals surface area contributed by atoms with Crippen LogP contribution in [0.5, 0.6) is 5.75 Å². The van der Waals surface area contributed by atoms with Gasteiger partial charge in [-0.2, -0.15) is 0 Å². The lowest BCUT2D eigenvalue weighted by Crippen LogP contribution is -2.09. The van der Waals surface area contributed by atoms with Crippen molar-refractivity contribution >= 4 is 11.0 Å². The first-order valence-corrected chi connectivity index (χ1v) is 4.86. The van der Waals surface area contributed by atoms with E-state index in [1.54, 1.807) is 24.3 Å². The zero-order chi connectivity index (χ0) is 11.0. The fourth-order valence-electron chi connectivity index (χ4n) is 1.66. The molecule has 0 saturated heterocycles. The maximum absolute atomic E-state index is 11.6. The molecule has 3 nitrogen and oxygen atoms in total. The highest BCUT2D eigenvalue weighted by Gasteiger charge is 2.15. The molecule has 0 aliphatic carbocycles. The monoisotopic (exact) mass is 204 g/mol. The van der Waals surface area contributed by atoms with Gasteiger partial charge in [-0.3, -0.25) is 0 Å². The average molecular weight is 204 g/mol. The van der Waals surface area contributed by atoms with Gasteiger partial charge in [0.05, 0.1) is 10.9 Å². The van der Waals surface area contributed by atoms with Crippen molar-refractivity contribution in [3.05, 3.63) is 40.2 Å². The standard InChI is InChI=1S/C12H12O3/c1-7(2)10-11(13)8-5-3-4-6-9(8)15-12(10)14/h3-7,13H,1-2H3. The van der Waals surface area contributed by atoms with Crippen molar-refractivity contribution in [3.63, 3.8) is 0 Å². The first-order chi connectivity index (χ1) is 7.11. The minimum Gasteiger partial charge on any atom is -0.507 e. The van der Waals surface area contributed by atoms with E-state index in [1.807, 2.05) is 13.8 Å². The molecule has 0 radical (unpaired) electrons. The van der Waals surface area contributed by atoms with Gasteiger partial charge in [0.15, 0.2) is 0 Å². The van der Waals surface area contributed by atoms with Crippen LogP contribution in [0.4, 0.5) is 0 Å². The van der Waals surface area contributed by atoms with Gasteiger partial charge in [-0.05, 0) is 18.1 Å². The molecule has 1 N–H and O–H groups in total. The second-order valence-corrected chi connectivity index (χ2v) is 3.80. The SMILES string of the molecule is CC(C)c1c(O)c2ccccc2oc1=O. The molecule has 3 heteroatoms. The summed E-state index contributed by atoms with van der Waals surface area (Å²) >= 11 is 0. The molecule has 2 aromatic rings. The van der Waals surface area contributed by atoms with Crippen molar-refractivity contribution in [2.75, 3.05) is 0 Å². The summed E-state index contributed by atoms with van der Waals surface area (Å²) in [6.07, 6.45) is 0. The van der Waals surface area contributed by atoms with Gasteiger partial charge in [0.2, 0.25) is 0 Å². The molecular weight excluding hydrogens is 192 g/mol. The highest BCUT2D eigenvalue weighted by atomic mass is 16.4. The minimum atomic E-state index is -0.457. The van der Waals surface area contributed by atoms with Gasteiger partial charge in [-0.25, -0.2) is 4.79 Å². The molecule has 78 valence electrons. The number of hydrogen-bond acceptors (Lipinski definition) is 3. The number of benzene rings is 1. The first-order valence-electron chi connectivity index (χ1n) is 4.86. The lowest BCUT2D eigenvalue weighted by molar-refractivity contribution is 0.451. The van der Waals surface area contributed by atoms with E-state index in [1.165, 1.54) is 0 Å². The van der Waals surface area contributed by atoms with Crippen molar-refractivity contribution in [2.24, 2.45) is 0 Å². The quantitative estimate of drug-likeness (QED) is 0.726. The van der Waals surface area contributed by atoms with E-state index in [-0.39, 0.29) is 11.7 Å². The van der Waals surface area contributed by atoms with E-state index < -0.39 is 5.63 Å². The van der Waals surface area contributed by atoms with Gasteiger partial charge in [0.1, 0.15) is 11.3 Å². The highest BCUT2D eigenvalue weighted by Crippen LogP contribution is 2.29. The zero-order valence-electron chi connectivity index (χ0n) is 8.65. The lowest BCUT2D eigenvalue weighted by Gasteiger charge is -2.08. The summed E-state index contributed by atoms with van der Waals surface area (Å²) in [4.78, 5) is 11.6. The number of fused-ring (bicyclic) bond motifs is 1. The van der Waals surface area contributed by atoms with Crippen molar-refractivity contribution in [1.29, 1.82) is 0 Å². The lowest BCUT2D eigenvalue weighted by atomic mass is 10.0. The summed E-state index contributed by atoms with van der Waals surface area (Å²) in [6, 6.07) is 6.96. The highest BCUT2D eigenvalue weighted by molar-refractivity contribution is 5.84. The number of para-hydroxylation sites is 1. The second kappa shape index (κ2) is 3.42. The molecule has 0 unspecified atom stereocenters. The van der Waals surface area contributed by atoms with Crippen LogP contribution >= 0.6 is 0 Å². The van der Waals surface area contributed by atoms with Crippen LogP contribution in [0, 0.1) is 0 Å². The number of hydrogen-bond donors (Lipinski definition) is 1. The van der Waals surface area contributed by atoms with Crippen LogP contribution in [0.2, 0.25) is 0 Å². The molecular formula is C12H12O3. The van der Waals surface area contributed by atoms with Crippen molar-refractivity contribution in [1.82, 2.24) is 0 Å². The number of rotatable bonds is 1. The summed E-state index contributed by atoms with van der Waals surface area (Å²) in [7, 11) is 0. The fourth-order valence-corrected chi connectivity index (χ4v) is 1.66. The summed E-state index contributed by atoms with van der Waals surface area (Å²) in [5.74, 6) is -0.0114. The topological polar surface area (TPSA) is 50.4 Å². The molecule has 0 bridgehead atoms. The van der Waals surface area contributed by atoms with E-state index in [9.17, 15) is 9.90 Å². The maximum Gasteiger partial charge on any atom is 0.343 e. The molecule has 0 saturated carbocycles. The third-order valence-electron chi connectivity index (χ3n) is 2.40. The van der Waals surface area contributed by atoms with E-state index >= 15 is 0 Å². The van der Waals surface area contributed by atoms with E-state index in [0.717, 1.165) is 0 Å². The second-order valence-electron chi connectivity index (χ2n) is 3.80. The predicted octanol–water partition coefficient (Wildman–Crippen LogP) is 2.62. The summed E-state index contributed by atoms with van der Waals surface area (Å²) in [6.45, 7) is 3.70.